The SMILES string of the molecule is Cc1nc(Nc2ccccc2)cc(Nc2ccc(Br)c(C)c2)n1. The molecule has 0 bridgehead atoms. The van der Waals surface area contributed by atoms with Crippen LogP contribution >= 0.6 is 15.9 Å². The van der Waals surface area contributed by atoms with Crippen molar-refractivity contribution in [3.63, 3.8) is 0 Å². The van der Waals surface area contributed by atoms with E-state index in [9.17, 15) is 0 Å². The molecule has 3 aromatic rings. The Bertz CT molecular complexity index is 819. The minimum absolute atomic E-state index is 0.710. The Morgan fingerprint density at radius 3 is 2.09 bits per heavy atom. The number of anilines is 4. The van der Waals surface area contributed by atoms with E-state index in [4.69, 9.17) is 0 Å². The first kappa shape index (κ1) is 15.5. The Morgan fingerprint density at radius 2 is 1.43 bits per heavy atom. The number of aryl methyl sites for hydroxylation is 2. The molecule has 0 atom stereocenters. The van der Waals surface area contributed by atoms with Gasteiger partial charge in [0.05, 0.1) is 0 Å². The lowest BCUT2D eigenvalue weighted by Crippen LogP contribution is -2.01. The molecule has 2 N–H and O–H groups in total. The molecule has 0 aliphatic rings. The van der Waals surface area contributed by atoms with Crippen molar-refractivity contribution in [1.82, 2.24) is 9.97 Å². The number of benzene rings is 2. The van der Waals surface area contributed by atoms with Crippen LogP contribution in [0.25, 0.3) is 0 Å². The zero-order valence-electron chi connectivity index (χ0n) is 13.0. The van der Waals surface area contributed by atoms with Gasteiger partial charge in [-0.3, -0.25) is 0 Å². The van der Waals surface area contributed by atoms with E-state index in [0.29, 0.717) is 5.82 Å². The number of nitrogens with one attached hydrogen (secondary N) is 2. The highest BCUT2D eigenvalue weighted by Crippen LogP contribution is 2.24. The Balaban J connectivity index is 1.83. The van der Waals surface area contributed by atoms with Crippen LogP contribution in [0.5, 0.6) is 0 Å². The van der Waals surface area contributed by atoms with Gasteiger partial charge in [0.2, 0.25) is 0 Å². The van der Waals surface area contributed by atoms with Crippen LogP contribution in [0.1, 0.15) is 11.4 Å². The molecule has 1 aromatic heterocycles. The average Bonchev–Trinajstić information content (AvgIpc) is 2.51. The van der Waals surface area contributed by atoms with E-state index in [0.717, 1.165) is 27.5 Å². The van der Waals surface area contributed by atoms with Crippen LogP contribution < -0.4 is 10.6 Å². The minimum atomic E-state index is 0.710. The Labute approximate surface area is 144 Å². The third-order valence-electron chi connectivity index (χ3n) is 3.31. The molecule has 4 nitrogen and oxygen atoms in total. The molecule has 2 aromatic carbocycles. The van der Waals surface area contributed by atoms with Crippen LogP contribution in [0.15, 0.2) is 59.1 Å². The third-order valence-corrected chi connectivity index (χ3v) is 4.20. The molecule has 116 valence electrons. The summed E-state index contributed by atoms with van der Waals surface area (Å²) in [6.07, 6.45) is 0. The maximum atomic E-state index is 4.45. The first-order valence-corrected chi connectivity index (χ1v) is 8.10. The maximum Gasteiger partial charge on any atom is 0.136 e. The second-order valence-corrected chi connectivity index (χ2v) is 6.12. The van der Waals surface area contributed by atoms with E-state index in [-0.39, 0.29) is 0 Å². The second kappa shape index (κ2) is 6.79. The normalized spacial score (nSPS) is 10.4. The molecule has 1 heterocycles. The largest absolute Gasteiger partial charge is 0.340 e. The molecule has 0 aliphatic carbocycles. The van der Waals surface area contributed by atoms with Gasteiger partial charge in [0.1, 0.15) is 17.5 Å². The zero-order valence-corrected chi connectivity index (χ0v) is 14.6. The van der Waals surface area contributed by atoms with Crippen molar-refractivity contribution in [3.05, 3.63) is 70.5 Å². The van der Waals surface area contributed by atoms with E-state index in [1.54, 1.807) is 0 Å². The maximum absolute atomic E-state index is 4.45. The molecular weight excluding hydrogens is 352 g/mol. The van der Waals surface area contributed by atoms with Gasteiger partial charge in [0, 0.05) is 21.9 Å². The molecule has 5 heteroatoms. The number of para-hydroxylation sites is 1. The highest BCUT2D eigenvalue weighted by Gasteiger charge is 2.04. The number of nitrogens with zero attached hydrogens (tertiary/aromatic N) is 2. The Kier molecular flexibility index (Phi) is 4.57. The predicted molar refractivity (Wildman–Crippen MR) is 98.7 cm³/mol. The summed E-state index contributed by atoms with van der Waals surface area (Å²) in [5, 5.41) is 6.62. The van der Waals surface area contributed by atoms with Gasteiger partial charge in [0.25, 0.3) is 0 Å². The van der Waals surface area contributed by atoms with Gasteiger partial charge >= 0.3 is 0 Å². The Hall–Kier alpha value is -2.40. The van der Waals surface area contributed by atoms with Crippen molar-refractivity contribution in [3.8, 4) is 0 Å². The van der Waals surface area contributed by atoms with E-state index in [1.165, 1.54) is 5.56 Å². The number of hydrogen-bond donors (Lipinski definition) is 2. The molecule has 0 radical (unpaired) electrons. The van der Waals surface area contributed by atoms with Gasteiger partial charge in [0.15, 0.2) is 0 Å². The van der Waals surface area contributed by atoms with Crippen molar-refractivity contribution in [1.29, 1.82) is 0 Å². The van der Waals surface area contributed by atoms with Crippen molar-refractivity contribution in [2.75, 3.05) is 10.6 Å². The molecule has 0 saturated carbocycles. The second-order valence-electron chi connectivity index (χ2n) is 5.27. The molecule has 0 aliphatic heterocycles. The first-order chi connectivity index (χ1) is 11.1. The number of rotatable bonds is 4. The van der Waals surface area contributed by atoms with Gasteiger partial charge < -0.3 is 10.6 Å². The lowest BCUT2D eigenvalue weighted by molar-refractivity contribution is 1.06. The summed E-state index contributed by atoms with van der Waals surface area (Å²) in [6, 6.07) is 18.0. The quantitative estimate of drug-likeness (QED) is 0.652. The fraction of sp³-hybridized carbons (Fsp3) is 0.111. The monoisotopic (exact) mass is 368 g/mol. The highest BCUT2D eigenvalue weighted by molar-refractivity contribution is 9.10. The molecule has 0 unspecified atom stereocenters. The van der Waals surface area contributed by atoms with E-state index in [2.05, 4.69) is 49.5 Å². The van der Waals surface area contributed by atoms with E-state index < -0.39 is 0 Å². The van der Waals surface area contributed by atoms with Gasteiger partial charge in [-0.2, -0.15) is 0 Å². The molecule has 0 spiro atoms. The molecule has 3 rings (SSSR count). The smallest absolute Gasteiger partial charge is 0.136 e. The summed E-state index contributed by atoms with van der Waals surface area (Å²) < 4.78 is 1.09. The molecular formula is C18H17BrN4. The van der Waals surface area contributed by atoms with E-state index in [1.807, 2.05) is 55.5 Å². The fourth-order valence-electron chi connectivity index (χ4n) is 2.24. The van der Waals surface area contributed by atoms with Crippen molar-refractivity contribution in [2.24, 2.45) is 0 Å². The van der Waals surface area contributed by atoms with Crippen molar-refractivity contribution in [2.45, 2.75) is 13.8 Å². The highest BCUT2D eigenvalue weighted by atomic mass is 79.9. The minimum Gasteiger partial charge on any atom is -0.340 e. The summed E-state index contributed by atoms with van der Waals surface area (Å²) in [5.41, 5.74) is 3.16. The zero-order chi connectivity index (χ0) is 16.2. The van der Waals surface area contributed by atoms with Crippen LogP contribution in [0.4, 0.5) is 23.0 Å². The molecule has 23 heavy (non-hydrogen) atoms. The summed E-state index contributed by atoms with van der Waals surface area (Å²) in [6.45, 7) is 3.94. The van der Waals surface area contributed by atoms with E-state index >= 15 is 0 Å². The standard InChI is InChI=1S/C18H17BrN4/c1-12-10-15(8-9-16(12)19)23-18-11-17(20-13(2)21-18)22-14-6-4-3-5-7-14/h3-11H,1-2H3,(H2,20,21,22,23). The number of halogens is 1. The van der Waals surface area contributed by atoms with Crippen molar-refractivity contribution < 1.29 is 0 Å². The van der Waals surface area contributed by atoms with Gasteiger partial charge in [-0.05, 0) is 49.7 Å². The number of aromatic nitrogens is 2. The number of hydrogen-bond acceptors (Lipinski definition) is 4. The summed E-state index contributed by atoms with van der Waals surface area (Å²) >= 11 is 3.51. The third kappa shape index (κ3) is 4.07. The summed E-state index contributed by atoms with van der Waals surface area (Å²) in [4.78, 5) is 8.88. The van der Waals surface area contributed by atoms with Crippen molar-refractivity contribution >= 4 is 38.9 Å². The lowest BCUT2D eigenvalue weighted by atomic mass is 10.2. The fourth-order valence-corrected chi connectivity index (χ4v) is 2.48. The summed E-state index contributed by atoms with van der Waals surface area (Å²) in [5.74, 6) is 2.24. The van der Waals surface area contributed by atoms with Crippen LogP contribution in [0, 0.1) is 13.8 Å². The van der Waals surface area contributed by atoms with Crippen LogP contribution in [0.2, 0.25) is 0 Å². The van der Waals surface area contributed by atoms with Crippen LogP contribution in [0.3, 0.4) is 0 Å². The van der Waals surface area contributed by atoms with Gasteiger partial charge in [-0.1, -0.05) is 34.1 Å². The van der Waals surface area contributed by atoms with Gasteiger partial charge in [-0.15, -0.1) is 0 Å². The summed E-state index contributed by atoms with van der Waals surface area (Å²) in [7, 11) is 0. The molecule has 0 fully saturated rings. The average molecular weight is 369 g/mol. The lowest BCUT2D eigenvalue weighted by Gasteiger charge is -2.11. The topological polar surface area (TPSA) is 49.8 Å². The first-order valence-electron chi connectivity index (χ1n) is 7.31. The van der Waals surface area contributed by atoms with Crippen LogP contribution in [-0.4, -0.2) is 9.97 Å². The Morgan fingerprint density at radius 1 is 0.783 bits per heavy atom. The van der Waals surface area contributed by atoms with Crippen LogP contribution in [-0.2, 0) is 0 Å². The van der Waals surface area contributed by atoms with Gasteiger partial charge in [-0.25, -0.2) is 9.97 Å². The molecule has 0 amide bonds. The molecule has 0 saturated heterocycles. The predicted octanol–water partition coefficient (Wildman–Crippen LogP) is 5.34.